The van der Waals surface area contributed by atoms with Gasteiger partial charge in [0.05, 0.1) is 17.3 Å². The average molecular weight is 372 g/mol. The molecule has 0 unspecified atom stereocenters. The summed E-state index contributed by atoms with van der Waals surface area (Å²) in [6.07, 6.45) is 1.51. The van der Waals surface area contributed by atoms with E-state index in [4.69, 9.17) is 4.98 Å². The van der Waals surface area contributed by atoms with Gasteiger partial charge in [-0.25, -0.2) is 9.50 Å². The van der Waals surface area contributed by atoms with Crippen LogP contribution in [0.4, 0.5) is 5.82 Å². The summed E-state index contributed by atoms with van der Waals surface area (Å²) in [5.41, 5.74) is 3.96. The van der Waals surface area contributed by atoms with Gasteiger partial charge in [0.1, 0.15) is 5.82 Å². The Morgan fingerprint density at radius 3 is 2.50 bits per heavy atom. The molecule has 2 aromatic heterocycles. The van der Waals surface area contributed by atoms with Crippen LogP contribution in [0.15, 0.2) is 60.7 Å². The van der Waals surface area contributed by atoms with Gasteiger partial charge in [0.15, 0.2) is 5.65 Å². The average Bonchev–Trinajstić information content (AvgIpc) is 3.14. The molecule has 1 N–H and O–H groups in total. The zero-order chi connectivity index (χ0) is 19.1. The van der Waals surface area contributed by atoms with E-state index in [1.807, 2.05) is 53.9 Å². The zero-order valence-corrected chi connectivity index (χ0v) is 16.0. The van der Waals surface area contributed by atoms with Crippen LogP contribution in [0.3, 0.4) is 0 Å². The molecule has 0 aliphatic carbocycles. The molecule has 142 valence electrons. The van der Waals surface area contributed by atoms with E-state index in [0.29, 0.717) is 0 Å². The summed E-state index contributed by atoms with van der Waals surface area (Å²) in [6.45, 7) is 3.79. The van der Waals surface area contributed by atoms with E-state index in [-0.39, 0.29) is 5.92 Å². The number of anilines is 1. The normalized spacial score (nSPS) is 16.7. The highest BCUT2D eigenvalue weighted by atomic mass is 16.3. The molecule has 1 atom stereocenters. The lowest BCUT2D eigenvalue weighted by Crippen LogP contribution is -2.36. The number of aliphatic hydroxyl groups excluding tert-OH is 1. The minimum atomic E-state index is -0.395. The van der Waals surface area contributed by atoms with E-state index >= 15 is 0 Å². The summed E-state index contributed by atoms with van der Waals surface area (Å²) < 4.78 is 1.93. The molecule has 5 heteroatoms. The fourth-order valence-corrected chi connectivity index (χ4v) is 4.35. The molecule has 5 rings (SSSR count). The van der Waals surface area contributed by atoms with Crippen LogP contribution in [-0.4, -0.2) is 32.8 Å². The van der Waals surface area contributed by atoms with E-state index in [0.717, 1.165) is 59.6 Å². The molecule has 5 nitrogen and oxygen atoms in total. The Morgan fingerprint density at radius 2 is 1.71 bits per heavy atom. The summed E-state index contributed by atoms with van der Waals surface area (Å²) in [4.78, 5) is 7.30. The Morgan fingerprint density at radius 1 is 1.00 bits per heavy atom. The van der Waals surface area contributed by atoms with Gasteiger partial charge in [0.2, 0.25) is 0 Å². The van der Waals surface area contributed by atoms with Crippen molar-refractivity contribution in [3.8, 4) is 0 Å². The second kappa shape index (κ2) is 6.91. The van der Waals surface area contributed by atoms with Gasteiger partial charge in [-0.15, -0.1) is 0 Å². The molecule has 1 fully saturated rings. The maximum Gasteiger partial charge on any atom is 0.158 e. The van der Waals surface area contributed by atoms with E-state index in [2.05, 4.69) is 28.2 Å². The molecular weight excluding hydrogens is 348 g/mol. The van der Waals surface area contributed by atoms with Crippen molar-refractivity contribution in [1.82, 2.24) is 14.6 Å². The number of fused-ring (bicyclic) bond motifs is 3. The SMILES string of the molecule is Cc1cc2nc(N3CCC([C@@H](O)c4ccccc4)CC3)c3ccccc3n2n1. The van der Waals surface area contributed by atoms with E-state index in [1.165, 1.54) is 0 Å². The Hall–Kier alpha value is -2.92. The van der Waals surface area contributed by atoms with Crippen LogP contribution in [0.25, 0.3) is 16.6 Å². The number of aromatic nitrogens is 3. The molecule has 0 spiro atoms. The van der Waals surface area contributed by atoms with Gasteiger partial charge >= 0.3 is 0 Å². The zero-order valence-electron chi connectivity index (χ0n) is 16.0. The van der Waals surface area contributed by atoms with Crippen LogP contribution in [0.5, 0.6) is 0 Å². The highest BCUT2D eigenvalue weighted by Gasteiger charge is 2.27. The van der Waals surface area contributed by atoms with Crippen LogP contribution in [0, 0.1) is 12.8 Å². The standard InChI is InChI=1S/C23H24N4O/c1-16-15-21-24-23(19-9-5-6-10-20(19)27(21)25-16)26-13-11-18(12-14-26)22(28)17-7-3-2-4-8-17/h2-10,15,18,22,28H,11-14H2,1H3/t22-/m0/s1. The highest BCUT2D eigenvalue weighted by Crippen LogP contribution is 2.34. The fraction of sp³-hybridized carbons (Fsp3) is 0.304. The first kappa shape index (κ1) is 17.2. The van der Waals surface area contributed by atoms with E-state index < -0.39 is 6.10 Å². The fourth-order valence-electron chi connectivity index (χ4n) is 4.35. The van der Waals surface area contributed by atoms with Crippen LogP contribution < -0.4 is 4.90 Å². The molecule has 0 bridgehead atoms. The summed E-state index contributed by atoms with van der Waals surface area (Å²) in [6, 6.07) is 20.4. The lowest BCUT2D eigenvalue weighted by atomic mass is 9.87. The number of rotatable bonds is 3. The quantitative estimate of drug-likeness (QED) is 0.587. The third-order valence-corrected chi connectivity index (χ3v) is 5.83. The molecule has 1 aliphatic heterocycles. The Kier molecular flexibility index (Phi) is 4.24. The number of hydrogen-bond acceptors (Lipinski definition) is 4. The second-order valence-corrected chi connectivity index (χ2v) is 7.69. The molecule has 1 aliphatic rings. The van der Waals surface area contributed by atoms with Crippen molar-refractivity contribution >= 4 is 22.4 Å². The number of nitrogens with zero attached hydrogens (tertiary/aromatic N) is 4. The monoisotopic (exact) mass is 372 g/mol. The summed E-state index contributed by atoms with van der Waals surface area (Å²) in [5, 5.41) is 16.5. The number of aliphatic hydroxyl groups is 1. The Labute approximate surface area is 164 Å². The molecule has 0 radical (unpaired) electrons. The smallest absolute Gasteiger partial charge is 0.158 e. The maximum absolute atomic E-state index is 10.8. The second-order valence-electron chi connectivity index (χ2n) is 7.69. The van der Waals surface area contributed by atoms with Gasteiger partial charge in [-0.1, -0.05) is 42.5 Å². The molecule has 2 aromatic carbocycles. The number of benzene rings is 2. The molecule has 4 aromatic rings. The van der Waals surface area contributed by atoms with Crippen molar-refractivity contribution in [3.63, 3.8) is 0 Å². The topological polar surface area (TPSA) is 53.7 Å². The first-order chi connectivity index (χ1) is 13.7. The lowest BCUT2D eigenvalue weighted by Gasteiger charge is -2.35. The molecule has 28 heavy (non-hydrogen) atoms. The largest absolute Gasteiger partial charge is 0.388 e. The summed E-state index contributed by atoms with van der Waals surface area (Å²) >= 11 is 0. The van der Waals surface area contributed by atoms with E-state index in [9.17, 15) is 5.11 Å². The highest BCUT2D eigenvalue weighted by molar-refractivity contribution is 5.91. The third-order valence-electron chi connectivity index (χ3n) is 5.83. The maximum atomic E-state index is 10.8. The van der Waals surface area contributed by atoms with Gasteiger partial charge in [-0.2, -0.15) is 5.10 Å². The number of piperidine rings is 1. The van der Waals surface area contributed by atoms with Crippen molar-refractivity contribution in [3.05, 3.63) is 71.9 Å². The van der Waals surface area contributed by atoms with Crippen LogP contribution >= 0.6 is 0 Å². The van der Waals surface area contributed by atoms with Crippen molar-refractivity contribution in [2.45, 2.75) is 25.9 Å². The predicted octanol–water partition coefficient (Wildman–Crippen LogP) is 4.14. The molecule has 1 saturated heterocycles. The van der Waals surface area contributed by atoms with Gasteiger partial charge in [0, 0.05) is 24.5 Å². The minimum Gasteiger partial charge on any atom is -0.388 e. The molecular formula is C23H24N4O. The predicted molar refractivity (Wildman–Crippen MR) is 112 cm³/mol. The molecule has 3 heterocycles. The van der Waals surface area contributed by atoms with Crippen molar-refractivity contribution in [2.75, 3.05) is 18.0 Å². The van der Waals surface area contributed by atoms with Crippen molar-refractivity contribution in [1.29, 1.82) is 0 Å². The van der Waals surface area contributed by atoms with Gasteiger partial charge in [-0.05, 0) is 43.4 Å². The lowest BCUT2D eigenvalue weighted by molar-refractivity contribution is 0.0929. The number of aryl methyl sites for hydroxylation is 1. The minimum absolute atomic E-state index is 0.283. The van der Waals surface area contributed by atoms with Crippen LogP contribution in [0.2, 0.25) is 0 Å². The van der Waals surface area contributed by atoms with E-state index in [1.54, 1.807) is 0 Å². The third kappa shape index (κ3) is 2.92. The first-order valence-corrected chi connectivity index (χ1v) is 9.94. The first-order valence-electron chi connectivity index (χ1n) is 9.94. The van der Waals surface area contributed by atoms with Crippen molar-refractivity contribution < 1.29 is 5.11 Å². The van der Waals surface area contributed by atoms with Gasteiger partial charge < -0.3 is 10.0 Å². The molecule has 0 saturated carbocycles. The van der Waals surface area contributed by atoms with Crippen molar-refractivity contribution in [2.24, 2.45) is 5.92 Å². The van der Waals surface area contributed by atoms with Gasteiger partial charge in [0.25, 0.3) is 0 Å². The number of para-hydroxylation sites is 1. The Balaban J connectivity index is 1.44. The van der Waals surface area contributed by atoms with Crippen LogP contribution in [0.1, 0.15) is 30.2 Å². The number of hydrogen-bond donors (Lipinski definition) is 1. The van der Waals surface area contributed by atoms with Crippen LogP contribution in [-0.2, 0) is 0 Å². The Bertz CT molecular complexity index is 1110. The summed E-state index contributed by atoms with van der Waals surface area (Å²) in [5.74, 6) is 1.31. The molecule has 0 amide bonds. The summed E-state index contributed by atoms with van der Waals surface area (Å²) in [7, 11) is 0. The van der Waals surface area contributed by atoms with Gasteiger partial charge in [-0.3, -0.25) is 0 Å².